The van der Waals surface area contributed by atoms with Gasteiger partial charge in [-0.25, -0.2) is 0 Å². The Morgan fingerprint density at radius 2 is 1.09 bits per heavy atom. The minimum Gasteiger partial charge on any atom is -0.399 e. The summed E-state index contributed by atoms with van der Waals surface area (Å²) in [5, 5.41) is 10.2. The van der Waals surface area contributed by atoms with Gasteiger partial charge in [0.15, 0.2) is 0 Å². The van der Waals surface area contributed by atoms with Crippen LogP contribution in [0.25, 0.3) is 0 Å². The van der Waals surface area contributed by atoms with E-state index in [-0.39, 0.29) is 0 Å². The van der Waals surface area contributed by atoms with Crippen LogP contribution in [0, 0.1) is 0 Å². The molecule has 5 heteroatoms. The van der Waals surface area contributed by atoms with E-state index in [1.807, 2.05) is 62.6 Å². The molecule has 0 saturated heterocycles. The molecule has 4 aromatic carbocycles. The number of nitrogen functional groups attached to an aromatic ring is 1. The van der Waals surface area contributed by atoms with Crippen LogP contribution in [-0.2, 0) is 6.42 Å². The molecular weight excluding hydrogens is 416 g/mol. The summed E-state index contributed by atoms with van der Waals surface area (Å²) in [4.78, 5) is 0. The molecule has 164 valence electrons. The van der Waals surface area contributed by atoms with E-state index in [2.05, 4.69) is 64.5 Å². The van der Waals surface area contributed by atoms with E-state index in [4.69, 9.17) is 17.3 Å². The lowest BCUT2D eigenvalue weighted by Crippen LogP contribution is -1.92. The van der Waals surface area contributed by atoms with Gasteiger partial charge in [-0.2, -0.15) is 0 Å². The van der Waals surface area contributed by atoms with Crippen LogP contribution < -0.4 is 21.7 Å². The van der Waals surface area contributed by atoms with Gasteiger partial charge >= 0.3 is 0 Å². The molecule has 5 N–H and O–H groups in total. The fourth-order valence-electron chi connectivity index (χ4n) is 3.10. The van der Waals surface area contributed by atoms with Crippen LogP contribution in [0.2, 0.25) is 5.02 Å². The molecule has 0 bridgehead atoms. The average Bonchev–Trinajstić information content (AvgIpc) is 2.83. The number of hydrogen-bond donors (Lipinski definition) is 4. The SMILES string of the molecule is CNc1ccc(Cc2ccc(NC)cc2)cc1.Nc1ccc(Nc2ccccc2Cl)cc1. The van der Waals surface area contributed by atoms with E-state index in [0.717, 1.165) is 34.9 Å². The third-order valence-electron chi connectivity index (χ3n) is 4.96. The van der Waals surface area contributed by atoms with Crippen molar-refractivity contribution in [1.82, 2.24) is 0 Å². The van der Waals surface area contributed by atoms with Gasteiger partial charge < -0.3 is 21.7 Å². The lowest BCUT2D eigenvalue weighted by atomic mass is 10.0. The fraction of sp³-hybridized carbons (Fsp3) is 0.111. The topological polar surface area (TPSA) is 62.1 Å². The average molecular weight is 445 g/mol. The number of anilines is 5. The predicted molar refractivity (Wildman–Crippen MR) is 140 cm³/mol. The van der Waals surface area contributed by atoms with Crippen molar-refractivity contribution in [3.05, 3.63) is 113 Å². The van der Waals surface area contributed by atoms with E-state index in [1.54, 1.807) is 0 Å². The highest BCUT2D eigenvalue weighted by atomic mass is 35.5. The lowest BCUT2D eigenvalue weighted by molar-refractivity contribution is 1.19. The summed E-state index contributed by atoms with van der Waals surface area (Å²) in [6.07, 6.45) is 0.980. The Bertz CT molecular complexity index is 1050. The van der Waals surface area contributed by atoms with Crippen LogP contribution in [-0.4, -0.2) is 14.1 Å². The van der Waals surface area contributed by atoms with E-state index >= 15 is 0 Å². The molecular formula is C27H29ClN4. The molecule has 0 atom stereocenters. The molecule has 0 unspecified atom stereocenters. The second kappa shape index (κ2) is 11.7. The van der Waals surface area contributed by atoms with Gasteiger partial charge in [0.1, 0.15) is 0 Å². The molecule has 0 radical (unpaired) electrons. The van der Waals surface area contributed by atoms with E-state index in [1.165, 1.54) is 11.1 Å². The number of para-hydroxylation sites is 1. The van der Waals surface area contributed by atoms with Crippen molar-refractivity contribution in [2.24, 2.45) is 0 Å². The minimum atomic E-state index is 0.703. The molecule has 4 nitrogen and oxygen atoms in total. The van der Waals surface area contributed by atoms with Gasteiger partial charge in [-0.05, 0) is 78.2 Å². The first-order valence-corrected chi connectivity index (χ1v) is 10.9. The zero-order valence-electron chi connectivity index (χ0n) is 18.4. The number of rotatable bonds is 6. The first kappa shape index (κ1) is 23.0. The molecule has 0 spiro atoms. The van der Waals surface area contributed by atoms with Gasteiger partial charge in [0.2, 0.25) is 0 Å². The highest BCUT2D eigenvalue weighted by Crippen LogP contribution is 2.25. The predicted octanol–water partition coefficient (Wildman–Crippen LogP) is 7.03. The van der Waals surface area contributed by atoms with Crippen LogP contribution in [0.5, 0.6) is 0 Å². The van der Waals surface area contributed by atoms with Crippen molar-refractivity contribution in [1.29, 1.82) is 0 Å². The molecule has 0 fully saturated rings. The molecule has 0 aromatic heterocycles. The highest BCUT2D eigenvalue weighted by Gasteiger charge is 1.99. The summed E-state index contributed by atoms with van der Waals surface area (Å²) in [5.41, 5.74) is 13.2. The van der Waals surface area contributed by atoms with Crippen molar-refractivity contribution in [3.8, 4) is 0 Å². The van der Waals surface area contributed by atoms with Crippen molar-refractivity contribution < 1.29 is 0 Å². The number of benzene rings is 4. The Morgan fingerprint density at radius 3 is 1.56 bits per heavy atom. The number of halogens is 1. The van der Waals surface area contributed by atoms with E-state index in [9.17, 15) is 0 Å². The van der Waals surface area contributed by atoms with E-state index in [0.29, 0.717) is 5.02 Å². The Morgan fingerprint density at radius 1 is 0.625 bits per heavy atom. The monoisotopic (exact) mass is 444 g/mol. The van der Waals surface area contributed by atoms with Crippen LogP contribution in [0.4, 0.5) is 28.4 Å². The Hall–Kier alpha value is -3.63. The molecule has 0 aliphatic rings. The molecule has 0 aliphatic carbocycles. The second-order valence-electron chi connectivity index (χ2n) is 7.30. The first-order chi connectivity index (χ1) is 15.6. The fourth-order valence-corrected chi connectivity index (χ4v) is 3.28. The van der Waals surface area contributed by atoms with Crippen molar-refractivity contribution in [2.45, 2.75) is 6.42 Å². The highest BCUT2D eigenvalue weighted by molar-refractivity contribution is 6.33. The molecule has 0 amide bonds. The first-order valence-electron chi connectivity index (χ1n) is 10.5. The molecule has 4 rings (SSSR count). The number of hydrogen-bond acceptors (Lipinski definition) is 4. The summed E-state index contributed by atoms with van der Waals surface area (Å²) >= 11 is 6.02. The van der Waals surface area contributed by atoms with Crippen LogP contribution in [0.1, 0.15) is 11.1 Å². The maximum absolute atomic E-state index is 6.02. The van der Waals surface area contributed by atoms with Gasteiger partial charge in [0, 0.05) is 36.8 Å². The van der Waals surface area contributed by atoms with Gasteiger partial charge in [0.05, 0.1) is 10.7 Å². The smallest absolute Gasteiger partial charge is 0.0640 e. The quantitative estimate of drug-likeness (QED) is 0.241. The molecule has 4 aromatic rings. The maximum atomic E-state index is 6.02. The third-order valence-corrected chi connectivity index (χ3v) is 5.29. The molecule has 0 saturated carbocycles. The summed E-state index contributed by atoms with van der Waals surface area (Å²) in [6, 6.07) is 32.2. The molecule has 0 heterocycles. The Labute approximate surface area is 195 Å². The van der Waals surface area contributed by atoms with Crippen molar-refractivity contribution in [3.63, 3.8) is 0 Å². The normalized spacial score (nSPS) is 9.97. The van der Waals surface area contributed by atoms with Crippen LogP contribution >= 0.6 is 11.6 Å². The van der Waals surface area contributed by atoms with Gasteiger partial charge in [-0.15, -0.1) is 0 Å². The van der Waals surface area contributed by atoms with Gasteiger partial charge in [0.25, 0.3) is 0 Å². The van der Waals surface area contributed by atoms with Crippen LogP contribution in [0.15, 0.2) is 97.1 Å². The standard InChI is InChI=1S/C15H18N2.C12H11ClN2/c1-16-14-7-3-12(4-8-14)11-13-5-9-15(17-2)10-6-13;13-11-3-1-2-4-12(11)15-10-7-5-9(14)6-8-10/h3-10,16-17H,11H2,1-2H3;1-8,15H,14H2. The van der Waals surface area contributed by atoms with E-state index < -0.39 is 0 Å². The lowest BCUT2D eigenvalue weighted by Gasteiger charge is -2.07. The summed E-state index contributed by atoms with van der Waals surface area (Å²) in [7, 11) is 3.87. The Kier molecular flexibility index (Phi) is 8.41. The Balaban J connectivity index is 0.000000182. The zero-order valence-corrected chi connectivity index (χ0v) is 19.2. The van der Waals surface area contributed by atoms with Crippen LogP contribution in [0.3, 0.4) is 0 Å². The van der Waals surface area contributed by atoms with Gasteiger partial charge in [-0.3, -0.25) is 0 Å². The molecule has 32 heavy (non-hydrogen) atoms. The largest absolute Gasteiger partial charge is 0.399 e. The van der Waals surface area contributed by atoms with Crippen molar-refractivity contribution >= 4 is 40.0 Å². The third kappa shape index (κ3) is 6.96. The second-order valence-corrected chi connectivity index (χ2v) is 7.70. The number of nitrogens with two attached hydrogens (primary N) is 1. The summed E-state index contributed by atoms with van der Waals surface area (Å²) in [5.74, 6) is 0. The summed E-state index contributed by atoms with van der Waals surface area (Å²) < 4.78 is 0. The minimum absolute atomic E-state index is 0.703. The maximum Gasteiger partial charge on any atom is 0.0640 e. The zero-order chi connectivity index (χ0) is 22.8. The van der Waals surface area contributed by atoms with Gasteiger partial charge in [-0.1, -0.05) is 48.0 Å². The molecule has 0 aliphatic heterocycles. The summed E-state index contributed by atoms with van der Waals surface area (Å²) in [6.45, 7) is 0. The number of nitrogens with one attached hydrogen (secondary N) is 3. The van der Waals surface area contributed by atoms with Crippen molar-refractivity contribution in [2.75, 3.05) is 35.8 Å².